The first-order chi connectivity index (χ1) is 16.9. The third kappa shape index (κ3) is 5.10. The number of carbonyl (C=O) groups excluding carboxylic acids is 1. The molecule has 3 aromatic rings. The summed E-state index contributed by atoms with van der Waals surface area (Å²) in [6.45, 7) is 6.13. The number of amides is 1. The number of nitro groups is 1. The summed E-state index contributed by atoms with van der Waals surface area (Å²) in [7, 11) is 0. The lowest BCUT2D eigenvalue weighted by molar-refractivity contribution is -0.384. The second-order valence-corrected chi connectivity index (χ2v) is 8.12. The number of carbonyl (C=O) groups is 1. The molecule has 180 valence electrons. The smallest absolute Gasteiger partial charge is 0.294 e. The molecule has 1 fully saturated rings. The largest absolute Gasteiger partial charge is 0.467 e. The van der Waals surface area contributed by atoms with Gasteiger partial charge in [-0.1, -0.05) is 0 Å². The van der Waals surface area contributed by atoms with Crippen LogP contribution in [-0.2, 0) is 16.1 Å². The first-order valence-electron chi connectivity index (χ1n) is 11.1. The fraction of sp³-hybridized carbons (Fsp3) is 0.280. The summed E-state index contributed by atoms with van der Waals surface area (Å²) in [5, 5.41) is 24.1. The van der Waals surface area contributed by atoms with Gasteiger partial charge < -0.3 is 23.9 Å². The van der Waals surface area contributed by atoms with Gasteiger partial charge in [-0.25, -0.2) is 0 Å². The van der Waals surface area contributed by atoms with Crippen molar-refractivity contribution in [2.75, 3.05) is 31.2 Å². The summed E-state index contributed by atoms with van der Waals surface area (Å²) in [4.78, 5) is 26.0. The lowest BCUT2D eigenvalue weighted by Gasteiger charge is -2.28. The van der Waals surface area contributed by atoms with Gasteiger partial charge in [0.1, 0.15) is 23.1 Å². The van der Waals surface area contributed by atoms with Crippen LogP contribution in [0.2, 0.25) is 0 Å². The van der Waals surface area contributed by atoms with Gasteiger partial charge in [-0.2, -0.15) is 5.26 Å². The van der Waals surface area contributed by atoms with Crippen LogP contribution in [0.1, 0.15) is 22.7 Å². The molecule has 10 nitrogen and oxygen atoms in total. The molecule has 1 aromatic carbocycles. The Bertz CT molecular complexity index is 1310. The number of ether oxygens (including phenoxy) is 1. The number of anilines is 1. The molecule has 1 aliphatic heterocycles. The van der Waals surface area contributed by atoms with E-state index in [1.165, 1.54) is 12.3 Å². The molecule has 10 heteroatoms. The molecule has 0 saturated carbocycles. The number of furan rings is 1. The summed E-state index contributed by atoms with van der Waals surface area (Å²) >= 11 is 0. The van der Waals surface area contributed by atoms with E-state index in [-0.39, 0.29) is 22.7 Å². The number of aromatic nitrogens is 1. The first kappa shape index (κ1) is 23.8. The predicted octanol–water partition coefficient (Wildman–Crippen LogP) is 3.66. The molecule has 0 bridgehead atoms. The highest BCUT2D eigenvalue weighted by Gasteiger charge is 2.23. The Balaban J connectivity index is 1.63. The topological polar surface area (TPSA) is 127 Å². The van der Waals surface area contributed by atoms with Crippen LogP contribution >= 0.6 is 0 Å². The Labute approximate surface area is 202 Å². The van der Waals surface area contributed by atoms with E-state index in [0.29, 0.717) is 49.0 Å². The molecule has 2 aromatic heterocycles. The zero-order valence-electron chi connectivity index (χ0n) is 19.5. The summed E-state index contributed by atoms with van der Waals surface area (Å²) in [5.74, 6) is 0.0649. The van der Waals surface area contributed by atoms with Gasteiger partial charge in [0.2, 0.25) is 0 Å². The molecule has 4 rings (SSSR count). The SMILES string of the molecule is Cc1cc(C=C(C#N)C(=O)NCc2ccco2)c(C)n1-c1ccc(N2CCOCC2)c([N+](=O)[O-])c1. The third-order valence-electron chi connectivity index (χ3n) is 5.90. The van der Waals surface area contributed by atoms with Crippen LogP contribution in [0.15, 0.2) is 52.7 Å². The molecule has 0 aliphatic carbocycles. The average Bonchev–Trinajstić information content (AvgIpc) is 3.48. The maximum atomic E-state index is 12.5. The second-order valence-electron chi connectivity index (χ2n) is 8.12. The van der Waals surface area contributed by atoms with Crippen LogP contribution in [0.3, 0.4) is 0 Å². The van der Waals surface area contributed by atoms with E-state index >= 15 is 0 Å². The highest BCUT2D eigenvalue weighted by molar-refractivity contribution is 6.01. The average molecular weight is 476 g/mol. The molecular weight excluding hydrogens is 450 g/mol. The van der Waals surface area contributed by atoms with Crippen molar-refractivity contribution in [2.24, 2.45) is 0 Å². The van der Waals surface area contributed by atoms with Crippen molar-refractivity contribution in [1.29, 1.82) is 5.26 Å². The maximum Gasteiger partial charge on any atom is 0.294 e. The number of morpholine rings is 1. The number of hydrogen-bond acceptors (Lipinski definition) is 7. The number of hydrogen-bond donors (Lipinski definition) is 1. The Morgan fingerprint density at radius 1 is 1.26 bits per heavy atom. The molecule has 0 unspecified atom stereocenters. The molecule has 1 aliphatic rings. The fourth-order valence-corrected chi connectivity index (χ4v) is 4.18. The Morgan fingerprint density at radius 2 is 2.03 bits per heavy atom. The van der Waals surface area contributed by atoms with Crippen molar-refractivity contribution in [3.05, 3.63) is 81.1 Å². The standard InChI is InChI=1S/C25H25N5O5/c1-17-12-19(13-20(15-26)25(31)27-16-22-4-3-9-35-22)18(2)29(17)21-5-6-23(24(14-21)30(32)33)28-7-10-34-11-8-28/h3-6,9,12-14H,7-8,10-11,16H2,1-2H3,(H,27,31). The molecule has 0 atom stereocenters. The van der Waals surface area contributed by atoms with Gasteiger partial charge in [-0.05, 0) is 55.8 Å². The van der Waals surface area contributed by atoms with Crippen molar-refractivity contribution in [2.45, 2.75) is 20.4 Å². The number of nitriles is 1. The minimum absolute atomic E-state index is 0.0176. The van der Waals surface area contributed by atoms with Crippen LogP contribution < -0.4 is 10.2 Å². The number of nitrogens with one attached hydrogen (secondary N) is 1. The zero-order valence-corrected chi connectivity index (χ0v) is 19.5. The van der Waals surface area contributed by atoms with Crippen molar-refractivity contribution in [3.63, 3.8) is 0 Å². The molecule has 35 heavy (non-hydrogen) atoms. The molecule has 1 amide bonds. The van der Waals surface area contributed by atoms with E-state index in [9.17, 15) is 20.2 Å². The summed E-state index contributed by atoms with van der Waals surface area (Å²) in [6, 6.07) is 12.4. The van der Waals surface area contributed by atoms with Crippen LogP contribution in [0.5, 0.6) is 0 Å². The zero-order chi connectivity index (χ0) is 24.9. The maximum absolute atomic E-state index is 12.5. The summed E-state index contributed by atoms with van der Waals surface area (Å²) < 4.78 is 12.4. The number of rotatable bonds is 7. The lowest BCUT2D eigenvalue weighted by Crippen LogP contribution is -2.36. The molecule has 0 radical (unpaired) electrons. The number of nitrogens with zero attached hydrogens (tertiary/aromatic N) is 4. The van der Waals surface area contributed by atoms with Gasteiger partial charge in [0.15, 0.2) is 0 Å². The Morgan fingerprint density at radius 3 is 2.69 bits per heavy atom. The van der Waals surface area contributed by atoms with E-state index < -0.39 is 5.91 Å². The highest BCUT2D eigenvalue weighted by Crippen LogP contribution is 2.33. The third-order valence-corrected chi connectivity index (χ3v) is 5.90. The lowest BCUT2D eigenvalue weighted by atomic mass is 10.1. The van der Waals surface area contributed by atoms with E-state index in [2.05, 4.69) is 5.32 Å². The van der Waals surface area contributed by atoms with Crippen LogP contribution in [0.25, 0.3) is 11.8 Å². The minimum Gasteiger partial charge on any atom is -0.467 e. The number of aryl methyl sites for hydroxylation is 1. The van der Waals surface area contributed by atoms with Crippen LogP contribution in [0.4, 0.5) is 11.4 Å². The van der Waals surface area contributed by atoms with Crippen LogP contribution in [0, 0.1) is 35.3 Å². The van der Waals surface area contributed by atoms with E-state index in [1.807, 2.05) is 41.5 Å². The molecule has 1 saturated heterocycles. The quantitative estimate of drug-likeness (QED) is 0.239. The summed E-state index contributed by atoms with van der Waals surface area (Å²) in [6.07, 6.45) is 3.03. The van der Waals surface area contributed by atoms with Gasteiger partial charge in [-0.3, -0.25) is 14.9 Å². The summed E-state index contributed by atoms with van der Waals surface area (Å²) in [5.41, 5.74) is 3.40. The van der Waals surface area contributed by atoms with E-state index in [0.717, 1.165) is 11.4 Å². The van der Waals surface area contributed by atoms with Gasteiger partial charge in [-0.15, -0.1) is 0 Å². The molecule has 1 N–H and O–H groups in total. The second kappa shape index (κ2) is 10.3. The van der Waals surface area contributed by atoms with Gasteiger partial charge in [0.25, 0.3) is 11.6 Å². The Hall–Kier alpha value is -4.36. The molecule has 3 heterocycles. The van der Waals surface area contributed by atoms with Gasteiger partial charge >= 0.3 is 0 Å². The van der Waals surface area contributed by atoms with E-state index in [4.69, 9.17) is 9.15 Å². The van der Waals surface area contributed by atoms with Gasteiger partial charge in [0, 0.05) is 30.5 Å². The minimum atomic E-state index is -0.515. The van der Waals surface area contributed by atoms with E-state index in [1.54, 1.807) is 24.3 Å². The molecule has 0 spiro atoms. The Kier molecular flexibility index (Phi) is 6.98. The van der Waals surface area contributed by atoms with Crippen LogP contribution in [-0.4, -0.2) is 41.7 Å². The van der Waals surface area contributed by atoms with Crippen molar-refractivity contribution >= 4 is 23.4 Å². The number of nitro benzene ring substituents is 1. The monoisotopic (exact) mass is 475 g/mol. The highest BCUT2D eigenvalue weighted by atomic mass is 16.6. The number of benzene rings is 1. The first-order valence-corrected chi connectivity index (χ1v) is 11.1. The predicted molar refractivity (Wildman–Crippen MR) is 129 cm³/mol. The van der Waals surface area contributed by atoms with Crippen molar-refractivity contribution < 1.29 is 18.9 Å². The molecular formula is C25H25N5O5. The van der Waals surface area contributed by atoms with Gasteiger partial charge in [0.05, 0.1) is 36.6 Å². The van der Waals surface area contributed by atoms with Crippen molar-refractivity contribution in [3.8, 4) is 11.8 Å². The van der Waals surface area contributed by atoms with Crippen molar-refractivity contribution in [1.82, 2.24) is 9.88 Å². The normalized spacial score (nSPS) is 14.0. The fourth-order valence-electron chi connectivity index (χ4n) is 4.18.